The highest BCUT2D eigenvalue weighted by atomic mass is 32.1. The van der Waals surface area contributed by atoms with E-state index in [1.807, 2.05) is 0 Å². The predicted octanol–water partition coefficient (Wildman–Crippen LogP) is 1.70. The van der Waals surface area contributed by atoms with Gasteiger partial charge in [-0.3, -0.25) is 4.79 Å². The number of nitrogens with zero attached hydrogens (tertiary/aromatic N) is 1. The Hall–Kier alpha value is -0.640. The van der Waals surface area contributed by atoms with Gasteiger partial charge in [-0.25, -0.2) is 0 Å². The first-order valence-electron chi connectivity index (χ1n) is 6.74. The van der Waals surface area contributed by atoms with Crippen LogP contribution in [0.4, 0.5) is 0 Å². The molecule has 0 radical (unpaired) electrons. The molecule has 3 aliphatic carbocycles. The molecule has 0 aromatic heterocycles. The fourth-order valence-corrected chi connectivity index (χ4v) is 3.33. The monoisotopic (exact) mass is 252 g/mol. The van der Waals surface area contributed by atoms with Gasteiger partial charge >= 0.3 is 0 Å². The maximum absolute atomic E-state index is 12.4. The summed E-state index contributed by atoms with van der Waals surface area (Å²) in [6, 6.07) is 0.494. The average molecular weight is 252 g/mol. The molecule has 3 saturated carbocycles. The Kier molecular flexibility index (Phi) is 2.85. The van der Waals surface area contributed by atoms with Crippen molar-refractivity contribution in [1.82, 2.24) is 4.90 Å². The first-order chi connectivity index (χ1) is 8.15. The molecular weight excluding hydrogens is 232 g/mol. The summed E-state index contributed by atoms with van der Waals surface area (Å²) in [5.41, 5.74) is 5.54. The van der Waals surface area contributed by atoms with Gasteiger partial charge in [0.2, 0.25) is 5.91 Å². The minimum absolute atomic E-state index is 0.311. The van der Waals surface area contributed by atoms with Gasteiger partial charge in [-0.05, 0) is 43.9 Å². The van der Waals surface area contributed by atoms with Crippen LogP contribution in [-0.4, -0.2) is 28.4 Å². The SMILES string of the molecule is NC(=S)CCN(C(=O)C1CC2CC2C1)C1CC1. The van der Waals surface area contributed by atoms with E-state index in [0.29, 0.717) is 29.3 Å². The van der Waals surface area contributed by atoms with Crippen LogP contribution in [0.25, 0.3) is 0 Å². The molecule has 0 saturated heterocycles. The van der Waals surface area contributed by atoms with E-state index >= 15 is 0 Å². The zero-order valence-corrected chi connectivity index (χ0v) is 10.9. The molecule has 4 heteroatoms. The summed E-state index contributed by atoms with van der Waals surface area (Å²) >= 11 is 4.91. The molecule has 17 heavy (non-hydrogen) atoms. The van der Waals surface area contributed by atoms with Gasteiger partial charge in [-0.2, -0.15) is 0 Å². The van der Waals surface area contributed by atoms with Gasteiger partial charge in [0, 0.05) is 24.9 Å². The van der Waals surface area contributed by atoms with Crippen molar-refractivity contribution in [3.63, 3.8) is 0 Å². The number of nitrogens with two attached hydrogens (primary N) is 1. The predicted molar refractivity (Wildman–Crippen MR) is 70.5 cm³/mol. The lowest BCUT2D eigenvalue weighted by molar-refractivity contribution is -0.136. The fourth-order valence-electron chi connectivity index (χ4n) is 3.24. The summed E-state index contributed by atoms with van der Waals surface area (Å²) in [6.07, 6.45) is 6.67. The van der Waals surface area contributed by atoms with Crippen LogP contribution in [0.5, 0.6) is 0 Å². The highest BCUT2D eigenvalue weighted by Gasteiger charge is 2.49. The molecule has 3 fully saturated rings. The standard InChI is InChI=1S/C13H20N2OS/c14-12(17)3-4-15(11-1-2-11)13(16)10-6-8-5-9(8)7-10/h8-11H,1-7H2,(H2,14,17). The number of thiocarbonyl (C=S) groups is 1. The lowest BCUT2D eigenvalue weighted by Crippen LogP contribution is -2.39. The Morgan fingerprint density at radius 2 is 1.88 bits per heavy atom. The Labute approximate surface area is 108 Å². The van der Waals surface area contributed by atoms with Crippen molar-refractivity contribution in [3.05, 3.63) is 0 Å². The molecule has 0 heterocycles. The largest absolute Gasteiger partial charge is 0.393 e. The van der Waals surface area contributed by atoms with E-state index in [-0.39, 0.29) is 0 Å². The summed E-state index contributed by atoms with van der Waals surface area (Å²) in [5.74, 6) is 2.45. The van der Waals surface area contributed by atoms with E-state index in [4.69, 9.17) is 18.0 Å². The molecule has 0 aromatic rings. The van der Waals surface area contributed by atoms with Gasteiger partial charge in [0.1, 0.15) is 0 Å². The summed E-state index contributed by atoms with van der Waals surface area (Å²) in [7, 11) is 0. The van der Waals surface area contributed by atoms with Gasteiger partial charge in [0.15, 0.2) is 0 Å². The van der Waals surface area contributed by atoms with Crippen LogP contribution in [0.2, 0.25) is 0 Å². The van der Waals surface area contributed by atoms with Crippen molar-refractivity contribution in [1.29, 1.82) is 0 Å². The zero-order chi connectivity index (χ0) is 12.0. The molecule has 0 aromatic carbocycles. The lowest BCUT2D eigenvalue weighted by atomic mass is 10.0. The van der Waals surface area contributed by atoms with Crippen LogP contribution in [-0.2, 0) is 4.79 Å². The normalized spacial score (nSPS) is 34.2. The summed E-state index contributed by atoms with van der Waals surface area (Å²) < 4.78 is 0. The van der Waals surface area contributed by atoms with Crippen molar-refractivity contribution in [2.24, 2.45) is 23.5 Å². The van der Waals surface area contributed by atoms with Gasteiger partial charge in [0.05, 0.1) is 4.99 Å². The van der Waals surface area contributed by atoms with Crippen LogP contribution in [0.15, 0.2) is 0 Å². The third-order valence-electron chi connectivity index (χ3n) is 4.46. The summed E-state index contributed by atoms with van der Waals surface area (Å²) in [5, 5.41) is 0. The smallest absolute Gasteiger partial charge is 0.225 e. The van der Waals surface area contributed by atoms with E-state index in [1.165, 1.54) is 19.3 Å². The van der Waals surface area contributed by atoms with E-state index in [1.54, 1.807) is 0 Å². The fraction of sp³-hybridized carbons (Fsp3) is 0.846. The first-order valence-corrected chi connectivity index (χ1v) is 7.14. The quantitative estimate of drug-likeness (QED) is 0.758. The van der Waals surface area contributed by atoms with Crippen LogP contribution in [0.3, 0.4) is 0 Å². The van der Waals surface area contributed by atoms with Crippen molar-refractivity contribution in [2.45, 2.75) is 44.6 Å². The minimum atomic E-state index is 0.311. The van der Waals surface area contributed by atoms with Crippen LogP contribution >= 0.6 is 12.2 Å². The van der Waals surface area contributed by atoms with E-state index < -0.39 is 0 Å². The third kappa shape index (κ3) is 2.46. The summed E-state index contributed by atoms with van der Waals surface area (Å²) in [6.45, 7) is 0.741. The molecule has 94 valence electrons. The van der Waals surface area contributed by atoms with Gasteiger partial charge < -0.3 is 10.6 Å². The molecule has 3 nitrogen and oxygen atoms in total. The minimum Gasteiger partial charge on any atom is -0.393 e. The second-order valence-electron chi connectivity index (χ2n) is 5.90. The van der Waals surface area contributed by atoms with Crippen molar-refractivity contribution < 1.29 is 4.79 Å². The van der Waals surface area contributed by atoms with Gasteiger partial charge in [0.25, 0.3) is 0 Å². The number of amides is 1. The second-order valence-corrected chi connectivity index (χ2v) is 6.43. The van der Waals surface area contributed by atoms with E-state index in [9.17, 15) is 4.79 Å². The number of fused-ring (bicyclic) bond motifs is 1. The highest BCUT2D eigenvalue weighted by Crippen LogP contribution is 2.55. The number of carbonyl (C=O) groups is 1. The number of hydrogen-bond acceptors (Lipinski definition) is 2. The highest BCUT2D eigenvalue weighted by molar-refractivity contribution is 7.80. The zero-order valence-electron chi connectivity index (χ0n) is 10.1. The molecule has 0 spiro atoms. The van der Waals surface area contributed by atoms with Gasteiger partial charge in [-0.15, -0.1) is 0 Å². The number of hydrogen-bond donors (Lipinski definition) is 1. The molecule has 1 amide bonds. The molecule has 2 N–H and O–H groups in total. The molecule has 0 bridgehead atoms. The lowest BCUT2D eigenvalue weighted by Gasteiger charge is -2.26. The molecule has 3 rings (SSSR count). The maximum Gasteiger partial charge on any atom is 0.225 e. The Morgan fingerprint density at radius 1 is 1.24 bits per heavy atom. The molecule has 2 atom stereocenters. The molecule has 0 aliphatic heterocycles. The van der Waals surface area contributed by atoms with Crippen molar-refractivity contribution in [2.75, 3.05) is 6.54 Å². The molecule has 3 aliphatic rings. The Balaban J connectivity index is 1.58. The second kappa shape index (κ2) is 4.23. The van der Waals surface area contributed by atoms with Crippen molar-refractivity contribution >= 4 is 23.1 Å². The summed E-state index contributed by atoms with van der Waals surface area (Å²) in [4.78, 5) is 15.0. The van der Waals surface area contributed by atoms with E-state index in [0.717, 1.165) is 31.2 Å². The molecular formula is C13H20N2OS. The maximum atomic E-state index is 12.4. The van der Waals surface area contributed by atoms with Crippen LogP contribution < -0.4 is 5.73 Å². The Bertz CT molecular complexity index is 343. The van der Waals surface area contributed by atoms with Crippen LogP contribution in [0, 0.1) is 17.8 Å². The third-order valence-corrected chi connectivity index (χ3v) is 4.67. The first kappa shape index (κ1) is 11.5. The number of carbonyl (C=O) groups excluding carboxylic acids is 1. The van der Waals surface area contributed by atoms with Gasteiger partial charge in [-0.1, -0.05) is 12.2 Å². The Morgan fingerprint density at radius 3 is 2.41 bits per heavy atom. The average Bonchev–Trinajstić information content (AvgIpc) is 3.19. The molecule has 2 unspecified atom stereocenters. The van der Waals surface area contributed by atoms with E-state index in [2.05, 4.69) is 4.90 Å². The van der Waals surface area contributed by atoms with Crippen LogP contribution in [0.1, 0.15) is 38.5 Å². The number of rotatable bonds is 5. The topological polar surface area (TPSA) is 46.3 Å². The van der Waals surface area contributed by atoms with Crippen molar-refractivity contribution in [3.8, 4) is 0 Å².